The lowest BCUT2D eigenvalue weighted by atomic mass is 9.64. The van der Waals surface area contributed by atoms with E-state index in [4.69, 9.17) is 24.0 Å². The van der Waals surface area contributed by atoms with Gasteiger partial charge in [0.1, 0.15) is 23.4 Å². The minimum atomic E-state index is -0.504. The number of ketones is 1. The third-order valence-corrected chi connectivity index (χ3v) is 10.3. The molecule has 0 unspecified atom stereocenters. The van der Waals surface area contributed by atoms with Crippen LogP contribution in [0.1, 0.15) is 76.0 Å². The summed E-state index contributed by atoms with van der Waals surface area (Å²) in [5.74, 6) is 2.81. The molecule has 40 heavy (non-hydrogen) atoms. The lowest BCUT2D eigenvalue weighted by Crippen LogP contribution is -2.62. The zero-order chi connectivity index (χ0) is 27.3. The van der Waals surface area contributed by atoms with Crippen LogP contribution < -0.4 is 15.0 Å². The van der Waals surface area contributed by atoms with E-state index in [0.717, 1.165) is 101 Å². The molecule has 4 atom stereocenters. The predicted molar refractivity (Wildman–Crippen MR) is 150 cm³/mol. The van der Waals surface area contributed by atoms with Crippen LogP contribution in [-0.2, 0) is 21.4 Å². The average molecular weight is 551 g/mol. The molecule has 5 aliphatic rings. The molecule has 0 amide bonds. The highest BCUT2D eigenvalue weighted by atomic mass is 16.5. The summed E-state index contributed by atoms with van der Waals surface area (Å²) in [6.45, 7) is 7.20. The first-order valence-corrected chi connectivity index (χ1v) is 15.3. The average Bonchev–Trinajstić information content (AvgIpc) is 3.71. The van der Waals surface area contributed by atoms with Crippen LogP contribution in [0, 0.1) is 0 Å². The molecule has 3 aliphatic heterocycles. The number of fused-ring (bicyclic) bond motifs is 2. The Morgan fingerprint density at radius 1 is 1.12 bits per heavy atom. The van der Waals surface area contributed by atoms with Crippen molar-refractivity contribution in [1.82, 2.24) is 25.3 Å². The van der Waals surface area contributed by atoms with Crippen LogP contribution in [0.15, 0.2) is 10.6 Å². The lowest BCUT2D eigenvalue weighted by Gasteiger charge is -2.45. The summed E-state index contributed by atoms with van der Waals surface area (Å²) >= 11 is 0. The Labute approximate surface area is 236 Å². The first-order chi connectivity index (χ1) is 19.5. The molecule has 0 radical (unpaired) electrons. The highest BCUT2D eigenvalue weighted by Gasteiger charge is 2.48. The van der Waals surface area contributed by atoms with Gasteiger partial charge >= 0.3 is 0 Å². The van der Waals surface area contributed by atoms with E-state index < -0.39 is 5.41 Å². The zero-order valence-corrected chi connectivity index (χ0v) is 23.9. The van der Waals surface area contributed by atoms with Crippen molar-refractivity contribution in [2.24, 2.45) is 0 Å². The first-order valence-electron chi connectivity index (χ1n) is 15.3. The predicted octanol–water partition coefficient (Wildman–Crippen LogP) is 3.28. The Morgan fingerprint density at radius 2 is 2.02 bits per heavy atom. The summed E-state index contributed by atoms with van der Waals surface area (Å²) in [6, 6.07) is 2.35. The molecule has 1 saturated carbocycles. The minimum absolute atomic E-state index is 0.0123. The quantitative estimate of drug-likeness (QED) is 0.596. The molecule has 2 aromatic rings. The van der Waals surface area contributed by atoms with Crippen molar-refractivity contribution in [3.05, 3.63) is 17.3 Å². The van der Waals surface area contributed by atoms with Crippen LogP contribution >= 0.6 is 0 Å². The van der Waals surface area contributed by atoms with Gasteiger partial charge < -0.3 is 24.2 Å². The number of likely N-dealkylation sites (N-methyl/N-ethyl adjacent to an activating group) is 1. The number of aromatic nitrogens is 3. The van der Waals surface area contributed by atoms with Gasteiger partial charge in [0, 0.05) is 50.3 Å². The van der Waals surface area contributed by atoms with Gasteiger partial charge in [-0.25, -0.2) is 4.98 Å². The van der Waals surface area contributed by atoms with Gasteiger partial charge in [-0.2, -0.15) is 4.98 Å². The number of hydrogen-bond acceptors (Lipinski definition) is 10. The SMILES string of the molecule is C[C@H](Oc1cc(N2CCNC[C@]23CCOC3)nc(-c2onc3c2CCC[C@@]32CCCCC2=O)n1)[C@@H]1CCCN1C. The Kier molecular flexibility index (Phi) is 6.83. The van der Waals surface area contributed by atoms with Gasteiger partial charge in [-0.05, 0) is 71.9 Å². The summed E-state index contributed by atoms with van der Waals surface area (Å²) in [5.41, 5.74) is 1.19. The van der Waals surface area contributed by atoms with Crippen LogP contribution in [0.2, 0.25) is 0 Å². The molecular formula is C30H42N6O4. The maximum atomic E-state index is 13.3. The molecule has 5 heterocycles. The molecular weight excluding hydrogens is 508 g/mol. The summed E-state index contributed by atoms with van der Waals surface area (Å²) in [5, 5.41) is 8.13. The number of nitrogens with zero attached hydrogens (tertiary/aromatic N) is 5. The topological polar surface area (TPSA) is 106 Å². The molecule has 3 saturated heterocycles. The van der Waals surface area contributed by atoms with Crippen LogP contribution in [-0.4, -0.2) is 89.9 Å². The number of Topliss-reactive ketones (excluding diaryl/α,β-unsaturated/α-hetero) is 1. The largest absolute Gasteiger partial charge is 0.473 e. The maximum absolute atomic E-state index is 13.3. The number of piperazine rings is 1. The van der Waals surface area contributed by atoms with Gasteiger partial charge in [-0.3, -0.25) is 9.69 Å². The van der Waals surface area contributed by atoms with Gasteiger partial charge in [0.05, 0.1) is 17.6 Å². The number of rotatable bonds is 5. The van der Waals surface area contributed by atoms with Crippen molar-refractivity contribution in [3.8, 4) is 17.5 Å². The number of carbonyl (C=O) groups excluding carboxylic acids is 1. The van der Waals surface area contributed by atoms with E-state index in [2.05, 4.69) is 34.2 Å². The van der Waals surface area contributed by atoms with Crippen molar-refractivity contribution in [1.29, 1.82) is 0 Å². The molecule has 2 aromatic heterocycles. The number of hydrogen-bond donors (Lipinski definition) is 1. The van der Waals surface area contributed by atoms with E-state index in [1.54, 1.807) is 0 Å². The number of likely N-dealkylation sites (tertiary alicyclic amines) is 1. The van der Waals surface area contributed by atoms with Crippen LogP contribution in [0.25, 0.3) is 11.6 Å². The Morgan fingerprint density at radius 3 is 2.83 bits per heavy atom. The highest BCUT2D eigenvalue weighted by Crippen LogP contribution is 2.47. The van der Waals surface area contributed by atoms with E-state index in [0.29, 0.717) is 42.3 Å². The number of ether oxygens (including phenoxy) is 2. The second kappa shape index (κ2) is 10.4. The van der Waals surface area contributed by atoms with Crippen molar-refractivity contribution < 1.29 is 18.8 Å². The fourth-order valence-corrected chi connectivity index (χ4v) is 8.05. The fourth-order valence-electron chi connectivity index (χ4n) is 8.05. The molecule has 1 N–H and O–H groups in total. The zero-order valence-electron chi connectivity index (χ0n) is 23.9. The number of nitrogens with one attached hydrogen (secondary N) is 1. The molecule has 216 valence electrons. The van der Waals surface area contributed by atoms with Gasteiger partial charge in [0.15, 0.2) is 0 Å². The molecule has 7 rings (SSSR count). The first kappa shape index (κ1) is 26.3. The number of anilines is 1. The second-order valence-corrected chi connectivity index (χ2v) is 12.7. The summed E-state index contributed by atoms with van der Waals surface area (Å²) in [7, 11) is 2.17. The summed E-state index contributed by atoms with van der Waals surface area (Å²) in [4.78, 5) is 28.1. The summed E-state index contributed by atoms with van der Waals surface area (Å²) in [6.07, 6.45) is 9.37. The van der Waals surface area contributed by atoms with E-state index in [-0.39, 0.29) is 11.6 Å². The molecule has 10 heteroatoms. The van der Waals surface area contributed by atoms with Crippen molar-refractivity contribution in [2.45, 2.75) is 94.2 Å². The Bertz CT molecular complexity index is 1260. The minimum Gasteiger partial charge on any atom is -0.473 e. The smallest absolute Gasteiger partial charge is 0.219 e. The molecule has 0 bridgehead atoms. The lowest BCUT2D eigenvalue weighted by molar-refractivity contribution is -0.127. The van der Waals surface area contributed by atoms with Gasteiger partial charge in [0.25, 0.3) is 0 Å². The Balaban J connectivity index is 1.30. The molecule has 2 spiro atoms. The second-order valence-electron chi connectivity index (χ2n) is 12.7. The standard InChI is InChI=1S/C30H42N6O4/c1-20(22-8-6-14-35(22)2)39-25-17-24(36-15-13-31-18-29(36)12-16-38-19-29)32-28(33-25)26-21-7-5-11-30(27(21)34-40-26)10-4-3-9-23(30)37/h17,20,22,31H,3-16,18-19H2,1-2H3/t20-,22-,29-,30+/m0/s1. The van der Waals surface area contributed by atoms with Crippen LogP contribution in [0.3, 0.4) is 0 Å². The van der Waals surface area contributed by atoms with Gasteiger partial charge in [-0.15, -0.1) is 0 Å². The fraction of sp³-hybridized carbons (Fsp3) is 0.733. The third-order valence-electron chi connectivity index (χ3n) is 10.3. The van der Waals surface area contributed by atoms with E-state index >= 15 is 0 Å². The van der Waals surface area contributed by atoms with Crippen molar-refractivity contribution in [3.63, 3.8) is 0 Å². The van der Waals surface area contributed by atoms with Crippen molar-refractivity contribution >= 4 is 11.6 Å². The summed E-state index contributed by atoms with van der Waals surface area (Å²) < 4.78 is 18.5. The monoisotopic (exact) mass is 550 g/mol. The van der Waals surface area contributed by atoms with Crippen LogP contribution in [0.4, 0.5) is 5.82 Å². The normalized spacial score (nSPS) is 31.7. The molecule has 2 aliphatic carbocycles. The maximum Gasteiger partial charge on any atom is 0.219 e. The molecule has 0 aromatic carbocycles. The van der Waals surface area contributed by atoms with Gasteiger partial charge in [0.2, 0.25) is 17.5 Å². The Hall–Kier alpha value is -2.56. The van der Waals surface area contributed by atoms with E-state index in [1.165, 1.54) is 6.42 Å². The third kappa shape index (κ3) is 4.34. The number of carbonyl (C=O) groups is 1. The van der Waals surface area contributed by atoms with Gasteiger partial charge in [-0.1, -0.05) is 11.6 Å². The van der Waals surface area contributed by atoms with Crippen LogP contribution in [0.5, 0.6) is 5.88 Å². The van der Waals surface area contributed by atoms with E-state index in [1.807, 2.05) is 6.07 Å². The molecule has 4 fully saturated rings. The van der Waals surface area contributed by atoms with Crippen molar-refractivity contribution in [2.75, 3.05) is 51.3 Å². The van der Waals surface area contributed by atoms with E-state index in [9.17, 15) is 4.79 Å². The molecule has 10 nitrogen and oxygen atoms in total. The highest BCUT2D eigenvalue weighted by molar-refractivity contribution is 5.91.